The van der Waals surface area contributed by atoms with Crippen molar-refractivity contribution < 1.29 is 18.8 Å². The first-order valence-electron chi connectivity index (χ1n) is 8.02. The van der Waals surface area contributed by atoms with Crippen molar-refractivity contribution >= 4 is 22.9 Å². The molecule has 7 nitrogen and oxygen atoms in total. The number of nitrogens with one attached hydrogen (secondary N) is 1. The summed E-state index contributed by atoms with van der Waals surface area (Å²) in [5.74, 6) is 1.91. The Morgan fingerprint density at radius 2 is 2.08 bits per heavy atom. The number of aromatic nitrogens is 2. The van der Waals surface area contributed by atoms with Crippen LogP contribution in [0.4, 0.5) is 5.69 Å². The van der Waals surface area contributed by atoms with Crippen LogP contribution in [-0.2, 0) is 6.42 Å². The van der Waals surface area contributed by atoms with Crippen molar-refractivity contribution in [3.05, 3.63) is 40.6 Å². The molecule has 0 bridgehead atoms. The van der Waals surface area contributed by atoms with E-state index in [1.54, 1.807) is 25.3 Å². The molecule has 2 heterocycles. The molecule has 0 saturated heterocycles. The summed E-state index contributed by atoms with van der Waals surface area (Å²) >= 11 is 1.49. The third-order valence-electron chi connectivity index (χ3n) is 3.81. The molecule has 8 heteroatoms. The number of nitrogens with zero attached hydrogens (tertiary/aromatic N) is 2. The van der Waals surface area contributed by atoms with Gasteiger partial charge in [-0.05, 0) is 25.1 Å². The quantitative estimate of drug-likeness (QED) is 0.704. The van der Waals surface area contributed by atoms with Crippen LogP contribution >= 0.6 is 11.3 Å². The molecule has 26 heavy (non-hydrogen) atoms. The van der Waals surface area contributed by atoms with E-state index in [2.05, 4.69) is 15.5 Å². The normalized spacial score (nSPS) is 10.6. The Hall–Kier alpha value is -2.87. The number of aryl methyl sites for hydroxylation is 2. The fourth-order valence-electron chi connectivity index (χ4n) is 2.39. The minimum Gasteiger partial charge on any atom is -0.497 e. The number of carbonyl (C=O) groups is 1. The van der Waals surface area contributed by atoms with E-state index in [0.29, 0.717) is 40.9 Å². The van der Waals surface area contributed by atoms with E-state index in [1.165, 1.54) is 18.4 Å². The highest BCUT2D eigenvalue weighted by atomic mass is 32.1. The number of hydrogen-bond donors (Lipinski definition) is 1. The number of thiophene rings is 1. The average molecular weight is 373 g/mol. The van der Waals surface area contributed by atoms with Crippen LogP contribution < -0.4 is 14.8 Å². The molecule has 0 aliphatic heterocycles. The Balaban J connectivity index is 1.84. The zero-order valence-electron chi connectivity index (χ0n) is 15.0. The first kappa shape index (κ1) is 17.9. The predicted molar refractivity (Wildman–Crippen MR) is 99.2 cm³/mol. The fraction of sp³-hybridized carbons (Fsp3) is 0.278. The largest absolute Gasteiger partial charge is 0.497 e. The number of hydrogen-bond acceptors (Lipinski definition) is 7. The summed E-state index contributed by atoms with van der Waals surface area (Å²) in [6.45, 7) is 3.88. The number of amides is 1. The molecule has 0 aliphatic rings. The van der Waals surface area contributed by atoms with Crippen LogP contribution in [0.15, 0.2) is 28.8 Å². The van der Waals surface area contributed by atoms with Gasteiger partial charge in [0.05, 0.1) is 30.3 Å². The van der Waals surface area contributed by atoms with Crippen molar-refractivity contribution in [2.45, 2.75) is 20.3 Å². The van der Waals surface area contributed by atoms with Gasteiger partial charge in [-0.15, -0.1) is 11.3 Å². The summed E-state index contributed by atoms with van der Waals surface area (Å²) in [6.07, 6.45) is 0.679. The number of ether oxygens (including phenoxy) is 2. The lowest BCUT2D eigenvalue weighted by atomic mass is 10.1. The molecule has 2 aromatic heterocycles. The lowest BCUT2D eigenvalue weighted by Crippen LogP contribution is -2.13. The van der Waals surface area contributed by atoms with E-state index in [-0.39, 0.29) is 5.91 Å². The smallest absolute Gasteiger partial charge is 0.259 e. The highest BCUT2D eigenvalue weighted by molar-refractivity contribution is 7.16. The van der Waals surface area contributed by atoms with Gasteiger partial charge in [-0.2, -0.15) is 4.98 Å². The second-order valence-electron chi connectivity index (χ2n) is 5.47. The third-order valence-corrected chi connectivity index (χ3v) is 4.86. The first-order valence-corrected chi connectivity index (χ1v) is 8.84. The lowest BCUT2D eigenvalue weighted by Gasteiger charge is -2.10. The predicted octanol–water partition coefficient (Wildman–Crippen LogP) is 3.94. The summed E-state index contributed by atoms with van der Waals surface area (Å²) in [4.78, 5) is 18.8. The molecule has 3 rings (SSSR count). The highest BCUT2D eigenvalue weighted by Crippen LogP contribution is 2.34. The maximum absolute atomic E-state index is 12.7. The molecule has 0 radical (unpaired) electrons. The Morgan fingerprint density at radius 3 is 2.73 bits per heavy atom. The van der Waals surface area contributed by atoms with Gasteiger partial charge >= 0.3 is 0 Å². The van der Waals surface area contributed by atoms with E-state index < -0.39 is 0 Å². The van der Waals surface area contributed by atoms with Crippen molar-refractivity contribution in [1.82, 2.24) is 10.1 Å². The molecule has 0 atom stereocenters. The minimum absolute atomic E-state index is 0.265. The number of rotatable bonds is 6. The molecular formula is C18H19N3O4S. The first-order chi connectivity index (χ1) is 12.5. The second kappa shape index (κ2) is 7.57. The number of benzene rings is 1. The Kier molecular flexibility index (Phi) is 5.22. The summed E-state index contributed by atoms with van der Waals surface area (Å²) in [6, 6.07) is 6.90. The van der Waals surface area contributed by atoms with Gasteiger partial charge in [-0.1, -0.05) is 12.1 Å². The van der Waals surface area contributed by atoms with Crippen LogP contribution in [0, 0.1) is 6.92 Å². The fourth-order valence-corrected chi connectivity index (χ4v) is 3.29. The van der Waals surface area contributed by atoms with Crippen molar-refractivity contribution in [3.63, 3.8) is 0 Å². The van der Waals surface area contributed by atoms with Gasteiger partial charge in [0.1, 0.15) is 11.5 Å². The van der Waals surface area contributed by atoms with Crippen LogP contribution in [0.5, 0.6) is 11.5 Å². The van der Waals surface area contributed by atoms with Crippen LogP contribution in [0.1, 0.15) is 28.0 Å². The van der Waals surface area contributed by atoms with E-state index in [1.807, 2.05) is 19.9 Å². The minimum atomic E-state index is -0.265. The second-order valence-corrected chi connectivity index (χ2v) is 6.72. The molecule has 1 N–H and O–H groups in total. The summed E-state index contributed by atoms with van der Waals surface area (Å²) < 4.78 is 15.6. The van der Waals surface area contributed by atoms with Crippen molar-refractivity contribution in [3.8, 4) is 22.2 Å². The van der Waals surface area contributed by atoms with E-state index in [0.717, 1.165) is 9.75 Å². The van der Waals surface area contributed by atoms with E-state index >= 15 is 0 Å². The summed E-state index contributed by atoms with van der Waals surface area (Å²) in [7, 11) is 3.08. The van der Waals surface area contributed by atoms with Crippen LogP contribution in [0.25, 0.3) is 10.7 Å². The van der Waals surface area contributed by atoms with Crippen LogP contribution in [0.2, 0.25) is 0 Å². The maximum atomic E-state index is 12.7. The maximum Gasteiger partial charge on any atom is 0.259 e. The van der Waals surface area contributed by atoms with Crippen molar-refractivity contribution in [2.24, 2.45) is 0 Å². The topological polar surface area (TPSA) is 86.5 Å². The van der Waals surface area contributed by atoms with Gasteiger partial charge < -0.3 is 19.3 Å². The SMILES string of the molecule is CCc1nc(-c2cc(NC(=O)c3ccc(OC)cc3OC)c(C)s2)no1. The number of anilines is 1. The monoisotopic (exact) mass is 373 g/mol. The molecule has 3 aromatic rings. The lowest BCUT2D eigenvalue weighted by molar-refractivity contribution is 0.102. The van der Waals surface area contributed by atoms with Gasteiger partial charge in [0.15, 0.2) is 0 Å². The van der Waals surface area contributed by atoms with Gasteiger partial charge in [0, 0.05) is 17.4 Å². The Labute approximate surface area is 154 Å². The van der Waals surface area contributed by atoms with Crippen LogP contribution in [0.3, 0.4) is 0 Å². The molecule has 0 saturated carbocycles. The van der Waals surface area contributed by atoms with E-state index in [9.17, 15) is 4.79 Å². The van der Waals surface area contributed by atoms with Crippen LogP contribution in [-0.4, -0.2) is 30.3 Å². The third kappa shape index (κ3) is 3.55. The molecule has 1 aromatic carbocycles. The van der Waals surface area contributed by atoms with Gasteiger partial charge in [0.2, 0.25) is 11.7 Å². The molecule has 0 aliphatic carbocycles. The molecule has 136 valence electrons. The standard InChI is InChI=1S/C18H19N3O4S/c1-5-16-20-17(21-25-16)15-9-13(10(2)26-15)19-18(22)12-7-6-11(23-3)8-14(12)24-4/h6-9H,5H2,1-4H3,(H,19,22). The zero-order valence-corrected chi connectivity index (χ0v) is 15.8. The molecule has 0 unspecified atom stereocenters. The molecule has 0 spiro atoms. The Bertz CT molecular complexity index is 932. The number of carbonyl (C=O) groups excluding carboxylic acids is 1. The van der Waals surface area contributed by atoms with Crippen molar-refractivity contribution in [2.75, 3.05) is 19.5 Å². The number of methoxy groups -OCH3 is 2. The highest BCUT2D eigenvalue weighted by Gasteiger charge is 2.18. The average Bonchev–Trinajstić information content (AvgIpc) is 3.28. The molecule has 0 fully saturated rings. The van der Waals surface area contributed by atoms with Crippen molar-refractivity contribution in [1.29, 1.82) is 0 Å². The zero-order chi connectivity index (χ0) is 18.7. The van der Waals surface area contributed by atoms with Gasteiger partial charge in [0.25, 0.3) is 5.91 Å². The molecular weight excluding hydrogens is 354 g/mol. The Morgan fingerprint density at radius 1 is 1.27 bits per heavy atom. The van der Waals surface area contributed by atoms with E-state index in [4.69, 9.17) is 14.0 Å². The van der Waals surface area contributed by atoms with Gasteiger partial charge in [-0.25, -0.2) is 0 Å². The summed E-state index contributed by atoms with van der Waals surface area (Å²) in [5.41, 5.74) is 1.13. The summed E-state index contributed by atoms with van der Waals surface area (Å²) in [5, 5.41) is 6.89. The van der Waals surface area contributed by atoms with Gasteiger partial charge in [-0.3, -0.25) is 4.79 Å². The molecule has 1 amide bonds.